The maximum absolute atomic E-state index is 11.7. The summed E-state index contributed by atoms with van der Waals surface area (Å²) in [6.45, 7) is 3.56. The second kappa shape index (κ2) is 6.91. The van der Waals surface area contributed by atoms with Crippen LogP contribution in [0.3, 0.4) is 0 Å². The van der Waals surface area contributed by atoms with Gasteiger partial charge < -0.3 is 14.1 Å². The van der Waals surface area contributed by atoms with Crippen molar-refractivity contribution in [2.24, 2.45) is 0 Å². The minimum atomic E-state index is -0.407. The molecule has 1 N–H and O–H groups in total. The lowest BCUT2D eigenvalue weighted by molar-refractivity contribution is -0.896. The van der Waals surface area contributed by atoms with Gasteiger partial charge in [0, 0.05) is 5.56 Å². The van der Waals surface area contributed by atoms with Gasteiger partial charge in [0.15, 0.2) is 0 Å². The number of rotatable bonds is 6. The first kappa shape index (κ1) is 14.3. The van der Waals surface area contributed by atoms with E-state index in [1.165, 1.54) is 16.7 Å². The zero-order chi connectivity index (χ0) is 14.4. The van der Waals surface area contributed by atoms with E-state index in [2.05, 4.69) is 19.2 Å². The van der Waals surface area contributed by atoms with Crippen LogP contribution < -0.4 is 4.90 Å². The molecule has 106 valence electrons. The van der Waals surface area contributed by atoms with Crippen LogP contribution >= 0.6 is 0 Å². The van der Waals surface area contributed by atoms with E-state index in [1.54, 1.807) is 12.1 Å². The van der Waals surface area contributed by atoms with Crippen LogP contribution in [0.25, 0.3) is 0 Å². The molecule has 1 heterocycles. The highest BCUT2D eigenvalue weighted by Gasteiger charge is 2.17. The first-order valence-corrected chi connectivity index (χ1v) is 6.75. The lowest BCUT2D eigenvalue weighted by atomic mass is 10.2. The molecule has 2 rings (SSSR count). The molecule has 0 saturated heterocycles. The van der Waals surface area contributed by atoms with Crippen LogP contribution in [0.5, 0.6) is 0 Å². The van der Waals surface area contributed by atoms with E-state index in [1.807, 2.05) is 25.1 Å². The Morgan fingerprint density at radius 1 is 1.25 bits per heavy atom. The first-order valence-electron chi connectivity index (χ1n) is 6.75. The highest BCUT2D eigenvalue weighted by molar-refractivity contribution is 5.86. The Morgan fingerprint density at radius 2 is 2.00 bits per heavy atom. The van der Waals surface area contributed by atoms with Crippen LogP contribution in [0, 0.1) is 0 Å². The summed E-state index contributed by atoms with van der Waals surface area (Å²) in [5, 5.41) is 0. The Labute approximate surface area is 119 Å². The Morgan fingerprint density at radius 3 is 2.65 bits per heavy atom. The third-order valence-corrected chi connectivity index (χ3v) is 3.02. The highest BCUT2D eigenvalue weighted by Crippen LogP contribution is 2.04. The summed E-state index contributed by atoms with van der Waals surface area (Å²) in [7, 11) is 2.09. The Balaban J connectivity index is 1.79. The number of ether oxygens (including phenoxy) is 1. The quantitative estimate of drug-likeness (QED) is 0.813. The fraction of sp³-hybridized carbons (Fsp3) is 0.312. The van der Waals surface area contributed by atoms with Crippen molar-refractivity contribution < 1.29 is 18.8 Å². The molecule has 0 aliphatic heterocycles. The number of nitrogens with one attached hydrogen (secondary N) is 1. The summed E-state index contributed by atoms with van der Waals surface area (Å²) < 4.78 is 10.4. The third kappa shape index (κ3) is 4.24. The second-order valence-corrected chi connectivity index (χ2v) is 5.02. The van der Waals surface area contributed by atoms with Gasteiger partial charge in [-0.1, -0.05) is 30.3 Å². The molecule has 0 aliphatic carbocycles. The van der Waals surface area contributed by atoms with Gasteiger partial charge in [0.1, 0.15) is 19.2 Å². The number of benzene rings is 1. The number of furan rings is 1. The summed E-state index contributed by atoms with van der Waals surface area (Å²) in [5.41, 5.74) is 1.27. The molecule has 0 bridgehead atoms. The molecular formula is C16H20NO3+. The maximum Gasteiger partial charge on any atom is 0.374 e. The number of esters is 1. The van der Waals surface area contributed by atoms with Gasteiger partial charge >= 0.3 is 5.97 Å². The first-order chi connectivity index (χ1) is 9.65. The van der Waals surface area contributed by atoms with Crippen LogP contribution in [0.4, 0.5) is 0 Å². The van der Waals surface area contributed by atoms with Crippen molar-refractivity contribution >= 4 is 5.97 Å². The van der Waals surface area contributed by atoms with Gasteiger partial charge in [0.25, 0.3) is 0 Å². The van der Waals surface area contributed by atoms with Crippen LogP contribution in [-0.4, -0.2) is 25.7 Å². The molecule has 2 aromatic rings. The number of hydrogen-bond donors (Lipinski definition) is 1. The van der Waals surface area contributed by atoms with Crippen molar-refractivity contribution in [2.75, 3.05) is 13.6 Å². The number of hydrogen-bond acceptors (Lipinski definition) is 3. The maximum atomic E-state index is 11.7. The minimum absolute atomic E-state index is 0.156. The second-order valence-electron chi connectivity index (χ2n) is 5.02. The number of carbonyl (C=O) groups excluding carboxylic acids is 1. The third-order valence-electron chi connectivity index (χ3n) is 3.02. The van der Waals surface area contributed by atoms with Gasteiger partial charge in [-0.2, -0.15) is 0 Å². The number of carbonyl (C=O) groups is 1. The molecule has 0 saturated carbocycles. The molecule has 4 nitrogen and oxygen atoms in total. The fourth-order valence-corrected chi connectivity index (χ4v) is 2.18. The van der Waals surface area contributed by atoms with Gasteiger partial charge in [-0.05, 0) is 19.1 Å². The van der Waals surface area contributed by atoms with E-state index >= 15 is 0 Å². The van der Waals surface area contributed by atoms with Crippen molar-refractivity contribution in [3.8, 4) is 0 Å². The van der Waals surface area contributed by atoms with Crippen LogP contribution in [0.15, 0.2) is 53.1 Å². The van der Waals surface area contributed by atoms with Gasteiger partial charge in [-0.25, -0.2) is 4.79 Å². The summed E-state index contributed by atoms with van der Waals surface area (Å²) in [6.07, 6.45) is 1.31. The molecule has 0 spiro atoms. The van der Waals surface area contributed by atoms with Crippen molar-refractivity contribution in [3.05, 3.63) is 60.1 Å². The average Bonchev–Trinajstić information content (AvgIpc) is 2.93. The molecule has 2 atom stereocenters. The predicted molar refractivity (Wildman–Crippen MR) is 75.5 cm³/mol. The van der Waals surface area contributed by atoms with E-state index in [0.29, 0.717) is 0 Å². The largest absolute Gasteiger partial charge is 0.457 e. The topological polar surface area (TPSA) is 43.9 Å². The Bertz CT molecular complexity index is 522. The van der Waals surface area contributed by atoms with Crippen LogP contribution in [-0.2, 0) is 11.3 Å². The Kier molecular flexibility index (Phi) is 4.96. The van der Waals surface area contributed by atoms with E-state index in [4.69, 9.17) is 9.15 Å². The summed E-state index contributed by atoms with van der Waals surface area (Å²) >= 11 is 0. The van der Waals surface area contributed by atoms with Gasteiger partial charge in [-0.15, -0.1) is 0 Å². The number of likely N-dealkylation sites (N-methyl/N-ethyl adjacent to an activating group) is 1. The average molecular weight is 274 g/mol. The predicted octanol–water partition coefficient (Wildman–Crippen LogP) is 1.54. The standard InChI is InChI=1S/C16H19NO3/c1-13(20-16(18)15-9-6-10-19-15)11-17(2)12-14-7-4-3-5-8-14/h3-10,13H,11-12H2,1-2H3/p+1/t13-/m0/s1. The summed E-state index contributed by atoms with van der Waals surface area (Å²) in [4.78, 5) is 13.0. The van der Waals surface area contributed by atoms with E-state index in [0.717, 1.165) is 13.1 Å². The van der Waals surface area contributed by atoms with E-state index < -0.39 is 5.97 Å². The molecular weight excluding hydrogens is 254 g/mol. The van der Waals surface area contributed by atoms with Crippen molar-refractivity contribution in [2.45, 2.75) is 19.6 Å². The summed E-state index contributed by atoms with van der Waals surface area (Å²) in [6, 6.07) is 13.5. The van der Waals surface area contributed by atoms with Crippen LogP contribution in [0.1, 0.15) is 23.0 Å². The molecule has 1 aromatic carbocycles. The molecule has 0 radical (unpaired) electrons. The molecule has 0 fully saturated rings. The molecule has 4 heteroatoms. The highest BCUT2D eigenvalue weighted by atomic mass is 16.6. The zero-order valence-electron chi connectivity index (χ0n) is 11.8. The summed E-state index contributed by atoms with van der Waals surface area (Å²) in [5.74, 6) is -0.160. The van der Waals surface area contributed by atoms with Crippen molar-refractivity contribution in [1.82, 2.24) is 0 Å². The monoisotopic (exact) mass is 274 g/mol. The zero-order valence-corrected chi connectivity index (χ0v) is 11.8. The lowest BCUT2D eigenvalue weighted by Crippen LogP contribution is -3.08. The van der Waals surface area contributed by atoms with Gasteiger partial charge in [0.05, 0.1) is 13.3 Å². The smallest absolute Gasteiger partial charge is 0.374 e. The normalized spacial score (nSPS) is 13.7. The minimum Gasteiger partial charge on any atom is -0.457 e. The van der Waals surface area contributed by atoms with Gasteiger partial charge in [-0.3, -0.25) is 0 Å². The van der Waals surface area contributed by atoms with Crippen LogP contribution in [0.2, 0.25) is 0 Å². The van der Waals surface area contributed by atoms with E-state index in [-0.39, 0.29) is 11.9 Å². The number of quaternary nitrogens is 1. The molecule has 1 unspecified atom stereocenters. The Hall–Kier alpha value is -2.07. The molecule has 1 aromatic heterocycles. The SMILES string of the molecule is C[C@@H](C[NH+](C)Cc1ccccc1)OC(=O)c1ccco1. The molecule has 20 heavy (non-hydrogen) atoms. The van der Waals surface area contributed by atoms with Crippen molar-refractivity contribution in [1.29, 1.82) is 0 Å². The van der Waals surface area contributed by atoms with Crippen molar-refractivity contribution in [3.63, 3.8) is 0 Å². The van der Waals surface area contributed by atoms with Gasteiger partial charge in [0.2, 0.25) is 5.76 Å². The fourth-order valence-electron chi connectivity index (χ4n) is 2.18. The van der Waals surface area contributed by atoms with E-state index in [9.17, 15) is 4.79 Å². The lowest BCUT2D eigenvalue weighted by Gasteiger charge is -2.18. The molecule has 0 aliphatic rings. The molecule has 0 amide bonds.